The van der Waals surface area contributed by atoms with E-state index in [0.717, 1.165) is 13.1 Å². The molecule has 0 radical (unpaired) electrons. The van der Waals surface area contributed by atoms with Gasteiger partial charge in [0.25, 0.3) is 0 Å². The van der Waals surface area contributed by atoms with Gasteiger partial charge in [-0.3, -0.25) is 0 Å². The van der Waals surface area contributed by atoms with E-state index in [0.29, 0.717) is 6.04 Å². The van der Waals surface area contributed by atoms with Crippen molar-refractivity contribution in [2.24, 2.45) is 0 Å². The van der Waals surface area contributed by atoms with Crippen molar-refractivity contribution < 1.29 is 0 Å². The van der Waals surface area contributed by atoms with E-state index in [1.165, 1.54) is 28.6 Å². The molecule has 3 rings (SSSR count). The van der Waals surface area contributed by atoms with Crippen LogP contribution in [0.25, 0.3) is 10.9 Å². The maximum absolute atomic E-state index is 3.50. The molecule has 0 saturated heterocycles. The molecule has 2 heterocycles. The summed E-state index contributed by atoms with van der Waals surface area (Å²) in [4.78, 5) is 0. The molecule has 1 N–H and O–H groups in total. The number of benzene rings is 1. The standard InChI is InChI=1S/C14H18N2/c1-10(2)15-9-13-8-12-5-3-4-11-6-7-16(13)14(11)12/h3-5,8,10,15H,6-7,9H2,1-2H3. The molecule has 0 atom stereocenters. The summed E-state index contributed by atoms with van der Waals surface area (Å²) in [6, 6.07) is 9.53. The molecule has 1 aliphatic rings. The van der Waals surface area contributed by atoms with Crippen LogP contribution in [0.5, 0.6) is 0 Å². The van der Waals surface area contributed by atoms with Gasteiger partial charge < -0.3 is 9.88 Å². The molecule has 1 aromatic heterocycles. The maximum Gasteiger partial charge on any atom is 0.0516 e. The summed E-state index contributed by atoms with van der Waals surface area (Å²) in [5.74, 6) is 0. The van der Waals surface area contributed by atoms with Crippen LogP contribution in [0.3, 0.4) is 0 Å². The van der Waals surface area contributed by atoms with Crippen molar-refractivity contribution in [3.05, 3.63) is 35.5 Å². The largest absolute Gasteiger partial charge is 0.343 e. The zero-order valence-corrected chi connectivity index (χ0v) is 9.96. The predicted octanol–water partition coefficient (Wildman–Crippen LogP) is 2.70. The zero-order valence-electron chi connectivity index (χ0n) is 9.96. The first-order valence-electron chi connectivity index (χ1n) is 6.09. The smallest absolute Gasteiger partial charge is 0.0516 e. The average Bonchev–Trinajstić information content (AvgIpc) is 2.82. The van der Waals surface area contributed by atoms with E-state index in [-0.39, 0.29) is 0 Å². The number of para-hydroxylation sites is 1. The van der Waals surface area contributed by atoms with Gasteiger partial charge in [-0.25, -0.2) is 0 Å². The number of hydrogen-bond donors (Lipinski definition) is 1. The lowest BCUT2D eigenvalue weighted by molar-refractivity contribution is 0.564. The van der Waals surface area contributed by atoms with E-state index in [1.807, 2.05) is 0 Å². The monoisotopic (exact) mass is 214 g/mol. The topological polar surface area (TPSA) is 17.0 Å². The van der Waals surface area contributed by atoms with Crippen LogP contribution in [0.15, 0.2) is 24.3 Å². The zero-order chi connectivity index (χ0) is 11.1. The molecule has 0 aliphatic carbocycles. The Balaban J connectivity index is 2.03. The van der Waals surface area contributed by atoms with E-state index in [2.05, 4.69) is 48.0 Å². The van der Waals surface area contributed by atoms with E-state index < -0.39 is 0 Å². The normalized spacial score (nSPS) is 14.2. The Morgan fingerprint density at radius 1 is 1.38 bits per heavy atom. The molecule has 1 aromatic carbocycles. The SMILES string of the molecule is CC(C)NCc1cc2cccc3c2n1CC3. The molecule has 2 heteroatoms. The van der Waals surface area contributed by atoms with Crippen LogP contribution in [0.4, 0.5) is 0 Å². The number of hydrogen-bond acceptors (Lipinski definition) is 1. The highest BCUT2D eigenvalue weighted by Gasteiger charge is 2.17. The lowest BCUT2D eigenvalue weighted by Gasteiger charge is -2.09. The minimum atomic E-state index is 0.548. The van der Waals surface area contributed by atoms with Crippen molar-refractivity contribution in [1.82, 2.24) is 9.88 Å². The molecular weight excluding hydrogens is 196 g/mol. The van der Waals surface area contributed by atoms with Gasteiger partial charge in [0, 0.05) is 30.2 Å². The van der Waals surface area contributed by atoms with Gasteiger partial charge in [-0.1, -0.05) is 32.0 Å². The van der Waals surface area contributed by atoms with Gasteiger partial charge in [-0.15, -0.1) is 0 Å². The Morgan fingerprint density at radius 2 is 2.25 bits per heavy atom. The maximum atomic E-state index is 3.50. The van der Waals surface area contributed by atoms with Gasteiger partial charge in [0.05, 0.1) is 5.52 Å². The Hall–Kier alpha value is -1.28. The lowest BCUT2D eigenvalue weighted by Crippen LogP contribution is -2.23. The van der Waals surface area contributed by atoms with Crippen LogP contribution in [-0.2, 0) is 19.5 Å². The van der Waals surface area contributed by atoms with Gasteiger partial charge in [-0.2, -0.15) is 0 Å². The molecule has 0 spiro atoms. The highest BCUT2D eigenvalue weighted by Crippen LogP contribution is 2.29. The summed E-state index contributed by atoms with van der Waals surface area (Å²) in [6.45, 7) is 6.51. The van der Waals surface area contributed by atoms with Crippen LogP contribution < -0.4 is 5.32 Å². The molecule has 2 nitrogen and oxygen atoms in total. The van der Waals surface area contributed by atoms with Crippen LogP contribution in [0.2, 0.25) is 0 Å². The van der Waals surface area contributed by atoms with Crippen molar-refractivity contribution in [2.45, 2.75) is 39.4 Å². The van der Waals surface area contributed by atoms with Crippen molar-refractivity contribution in [2.75, 3.05) is 0 Å². The highest BCUT2D eigenvalue weighted by atomic mass is 15.0. The third kappa shape index (κ3) is 1.45. The second-order valence-corrected chi connectivity index (χ2v) is 4.93. The summed E-state index contributed by atoms with van der Waals surface area (Å²) in [7, 11) is 0. The van der Waals surface area contributed by atoms with Crippen molar-refractivity contribution in [1.29, 1.82) is 0 Å². The minimum Gasteiger partial charge on any atom is -0.343 e. The van der Waals surface area contributed by atoms with Crippen LogP contribution >= 0.6 is 0 Å². The van der Waals surface area contributed by atoms with Crippen LogP contribution in [0, 0.1) is 0 Å². The molecule has 0 fully saturated rings. The predicted molar refractivity (Wildman–Crippen MR) is 67.6 cm³/mol. The molecule has 0 unspecified atom stereocenters. The first-order valence-corrected chi connectivity index (χ1v) is 6.09. The Bertz CT molecular complexity index is 523. The van der Waals surface area contributed by atoms with Crippen LogP contribution in [-0.4, -0.2) is 10.6 Å². The molecular formula is C14H18N2. The molecule has 0 amide bonds. The fourth-order valence-corrected chi connectivity index (χ4v) is 2.60. The van der Waals surface area contributed by atoms with Gasteiger partial charge in [0.1, 0.15) is 0 Å². The van der Waals surface area contributed by atoms with E-state index in [1.54, 1.807) is 0 Å². The number of aryl methyl sites for hydroxylation is 2. The molecule has 0 bridgehead atoms. The fourth-order valence-electron chi connectivity index (χ4n) is 2.60. The summed E-state index contributed by atoms with van der Waals surface area (Å²) in [5, 5.41) is 4.90. The van der Waals surface area contributed by atoms with Gasteiger partial charge in [0.15, 0.2) is 0 Å². The summed E-state index contributed by atoms with van der Waals surface area (Å²) in [5.41, 5.74) is 4.39. The minimum absolute atomic E-state index is 0.548. The number of nitrogens with one attached hydrogen (secondary N) is 1. The van der Waals surface area contributed by atoms with E-state index >= 15 is 0 Å². The van der Waals surface area contributed by atoms with Crippen LogP contribution in [0.1, 0.15) is 25.1 Å². The van der Waals surface area contributed by atoms with E-state index in [9.17, 15) is 0 Å². The highest BCUT2D eigenvalue weighted by molar-refractivity contribution is 5.85. The Labute approximate surface area is 96.3 Å². The third-order valence-corrected chi connectivity index (χ3v) is 3.39. The van der Waals surface area contributed by atoms with Gasteiger partial charge in [0.2, 0.25) is 0 Å². The van der Waals surface area contributed by atoms with Crippen molar-refractivity contribution in [3.8, 4) is 0 Å². The molecule has 16 heavy (non-hydrogen) atoms. The quantitative estimate of drug-likeness (QED) is 0.831. The second-order valence-electron chi connectivity index (χ2n) is 4.93. The van der Waals surface area contributed by atoms with Crippen molar-refractivity contribution in [3.63, 3.8) is 0 Å². The van der Waals surface area contributed by atoms with Crippen molar-refractivity contribution >= 4 is 10.9 Å². The van der Waals surface area contributed by atoms with Gasteiger partial charge in [-0.05, 0) is 18.1 Å². The number of nitrogens with zero attached hydrogens (tertiary/aromatic N) is 1. The summed E-state index contributed by atoms with van der Waals surface area (Å²) < 4.78 is 2.47. The third-order valence-electron chi connectivity index (χ3n) is 3.39. The Kier molecular flexibility index (Phi) is 2.25. The number of rotatable bonds is 3. The van der Waals surface area contributed by atoms with E-state index in [4.69, 9.17) is 0 Å². The van der Waals surface area contributed by atoms with Gasteiger partial charge >= 0.3 is 0 Å². The Morgan fingerprint density at radius 3 is 3.06 bits per heavy atom. The molecule has 2 aromatic rings. The first-order chi connectivity index (χ1) is 7.75. The molecule has 1 aliphatic heterocycles. The fraction of sp³-hybridized carbons (Fsp3) is 0.429. The summed E-state index contributed by atoms with van der Waals surface area (Å²) >= 11 is 0. The number of aromatic nitrogens is 1. The first kappa shape index (κ1) is 9.91. The summed E-state index contributed by atoms with van der Waals surface area (Å²) in [6.07, 6.45) is 1.20. The second kappa shape index (κ2) is 3.63. The lowest BCUT2D eigenvalue weighted by atomic mass is 10.1. The molecule has 84 valence electrons. The average molecular weight is 214 g/mol. The molecule has 0 saturated carbocycles.